The van der Waals surface area contributed by atoms with E-state index in [0.29, 0.717) is 47.4 Å². The molecule has 0 radical (unpaired) electrons. The molecular weight excluding hydrogens is 390 g/mol. The number of benzene rings is 2. The lowest BCUT2D eigenvalue weighted by Crippen LogP contribution is -2.05. The normalized spacial score (nSPS) is 14.5. The van der Waals surface area contributed by atoms with Crippen molar-refractivity contribution in [2.24, 2.45) is 5.16 Å². The van der Waals surface area contributed by atoms with Crippen LogP contribution in [0.25, 0.3) is 6.08 Å². The van der Waals surface area contributed by atoms with Crippen LogP contribution < -0.4 is 9.47 Å². The summed E-state index contributed by atoms with van der Waals surface area (Å²) in [7, 11) is 0. The molecule has 0 atom stereocenters. The van der Waals surface area contributed by atoms with Gasteiger partial charge >= 0.3 is 5.97 Å². The summed E-state index contributed by atoms with van der Waals surface area (Å²) in [5, 5.41) is 4.37. The molecule has 0 fully saturated rings. The molecule has 150 valence electrons. The maximum Gasteiger partial charge on any atom is 0.367 e. The van der Waals surface area contributed by atoms with E-state index in [1.54, 1.807) is 19.1 Å². The largest absolute Gasteiger partial charge is 0.490 e. The van der Waals surface area contributed by atoms with Gasteiger partial charge in [-0.15, -0.1) is 6.58 Å². The van der Waals surface area contributed by atoms with Crippen LogP contribution in [0.5, 0.6) is 11.5 Å². The summed E-state index contributed by atoms with van der Waals surface area (Å²) in [6.07, 6.45) is 4.12. The van der Waals surface area contributed by atoms with Crippen LogP contribution in [0.2, 0.25) is 5.02 Å². The van der Waals surface area contributed by atoms with Crippen LogP contribution in [0.3, 0.4) is 0 Å². The molecule has 1 aliphatic heterocycles. The summed E-state index contributed by atoms with van der Waals surface area (Å²) >= 11 is 6.07. The maximum absolute atomic E-state index is 11.9. The number of carbonyl (C=O) groups is 1. The predicted molar refractivity (Wildman–Crippen MR) is 114 cm³/mol. The summed E-state index contributed by atoms with van der Waals surface area (Å²) in [6.45, 7) is 8.30. The van der Waals surface area contributed by atoms with Gasteiger partial charge in [-0.2, -0.15) is 0 Å². The van der Waals surface area contributed by atoms with E-state index < -0.39 is 5.97 Å². The fraction of sp³-hybridized carbons (Fsp3) is 0.217. The Hall–Kier alpha value is -3.05. The zero-order valence-electron chi connectivity index (χ0n) is 16.4. The predicted octanol–water partition coefficient (Wildman–Crippen LogP) is 5.36. The van der Waals surface area contributed by atoms with Crippen LogP contribution in [-0.2, 0) is 22.7 Å². The van der Waals surface area contributed by atoms with Crippen molar-refractivity contribution in [3.8, 4) is 11.5 Å². The Morgan fingerprint density at radius 3 is 2.72 bits per heavy atom. The van der Waals surface area contributed by atoms with Crippen molar-refractivity contribution in [1.82, 2.24) is 0 Å². The highest BCUT2D eigenvalue weighted by Crippen LogP contribution is 2.35. The van der Waals surface area contributed by atoms with Gasteiger partial charge in [0.2, 0.25) is 0 Å². The Balaban J connectivity index is 1.98. The zero-order valence-corrected chi connectivity index (χ0v) is 17.2. The number of halogens is 1. The van der Waals surface area contributed by atoms with Crippen molar-refractivity contribution in [3.63, 3.8) is 0 Å². The van der Waals surface area contributed by atoms with Gasteiger partial charge in [0.05, 0.1) is 17.9 Å². The van der Waals surface area contributed by atoms with Gasteiger partial charge in [0.15, 0.2) is 11.5 Å². The van der Waals surface area contributed by atoms with E-state index in [4.69, 9.17) is 25.9 Å². The van der Waals surface area contributed by atoms with E-state index in [-0.39, 0.29) is 0 Å². The van der Waals surface area contributed by atoms with Crippen LogP contribution in [0.15, 0.2) is 59.8 Å². The molecule has 1 aliphatic rings. The first-order chi connectivity index (χ1) is 14.0. The summed E-state index contributed by atoms with van der Waals surface area (Å²) in [5.74, 6) is 0.780. The smallest absolute Gasteiger partial charge is 0.367 e. The lowest BCUT2D eigenvalue weighted by atomic mass is 10.0. The van der Waals surface area contributed by atoms with Crippen molar-refractivity contribution in [2.75, 3.05) is 6.61 Å². The molecule has 0 N–H and O–H groups in total. The molecule has 0 saturated carbocycles. The second-order valence-electron chi connectivity index (χ2n) is 6.47. The summed E-state index contributed by atoms with van der Waals surface area (Å²) in [6, 6.07) is 11.3. The average molecular weight is 412 g/mol. The fourth-order valence-corrected chi connectivity index (χ4v) is 3.18. The molecule has 0 unspecified atom stereocenters. The topological polar surface area (TPSA) is 57.1 Å². The number of rotatable bonds is 8. The summed E-state index contributed by atoms with van der Waals surface area (Å²) < 4.78 is 11.9. The van der Waals surface area contributed by atoms with Gasteiger partial charge < -0.3 is 14.3 Å². The first kappa shape index (κ1) is 20.7. The second-order valence-corrected chi connectivity index (χ2v) is 6.90. The van der Waals surface area contributed by atoms with E-state index in [0.717, 1.165) is 16.7 Å². The van der Waals surface area contributed by atoms with Crippen LogP contribution in [0, 0.1) is 0 Å². The molecule has 0 aromatic heterocycles. The van der Waals surface area contributed by atoms with Crippen LogP contribution in [0.4, 0.5) is 0 Å². The molecule has 0 amide bonds. The van der Waals surface area contributed by atoms with Gasteiger partial charge in [0, 0.05) is 10.6 Å². The second kappa shape index (κ2) is 9.43. The molecule has 0 saturated heterocycles. The van der Waals surface area contributed by atoms with Crippen LogP contribution >= 0.6 is 11.6 Å². The lowest BCUT2D eigenvalue weighted by Gasteiger charge is -2.17. The molecule has 6 heteroatoms. The van der Waals surface area contributed by atoms with Crippen LogP contribution in [-0.4, -0.2) is 18.3 Å². The molecule has 3 rings (SSSR count). The minimum atomic E-state index is -0.466. The molecule has 1 heterocycles. The van der Waals surface area contributed by atoms with Crippen molar-refractivity contribution < 1.29 is 19.1 Å². The third-order valence-corrected chi connectivity index (χ3v) is 4.51. The summed E-state index contributed by atoms with van der Waals surface area (Å²) in [4.78, 5) is 16.6. The minimum absolute atomic E-state index is 0.351. The number of allylic oxidation sites excluding steroid dienone is 1. The molecule has 5 nitrogen and oxygen atoms in total. The third kappa shape index (κ3) is 5.06. The molecule has 2 aromatic carbocycles. The number of hydrogen-bond acceptors (Lipinski definition) is 5. The van der Waals surface area contributed by atoms with Gasteiger partial charge in [-0.05, 0) is 61.7 Å². The standard InChI is InChI=1S/C23H22ClNO4/c1-4-7-18-10-17(12-20-15(3)25-29-23(20)26)13-21(27-5-2)22(18)28-14-16-8-6-9-19(24)11-16/h4,6,8-13H,1,5,7,14H2,2-3H3/b20-12-. The van der Waals surface area contributed by atoms with E-state index in [1.165, 1.54) is 0 Å². The molecule has 0 aliphatic carbocycles. The van der Waals surface area contributed by atoms with E-state index in [9.17, 15) is 4.79 Å². The van der Waals surface area contributed by atoms with Gasteiger partial charge in [0.25, 0.3) is 0 Å². The fourth-order valence-electron chi connectivity index (χ4n) is 2.97. The van der Waals surface area contributed by atoms with Gasteiger partial charge in [-0.1, -0.05) is 35.0 Å². The monoisotopic (exact) mass is 411 g/mol. The number of nitrogens with zero attached hydrogens (tertiary/aromatic N) is 1. The van der Waals surface area contributed by atoms with Gasteiger partial charge in [-0.25, -0.2) is 4.79 Å². The van der Waals surface area contributed by atoms with Gasteiger partial charge in [0.1, 0.15) is 6.61 Å². The lowest BCUT2D eigenvalue weighted by molar-refractivity contribution is -0.136. The first-order valence-electron chi connectivity index (χ1n) is 9.27. The van der Waals surface area contributed by atoms with E-state index >= 15 is 0 Å². The highest BCUT2D eigenvalue weighted by molar-refractivity contribution is 6.30. The number of ether oxygens (including phenoxy) is 2. The van der Waals surface area contributed by atoms with Crippen molar-refractivity contribution in [2.45, 2.75) is 26.9 Å². The molecule has 0 bridgehead atoms. The zero-order chi connectivity index (χ0) is 20.8. The number of carbonyl (C=O) groups excluding carboxylic acids is 1. The van der Waals surface area contributed by atoms with Crippen molar-refractivity contribution in [1.29, 1.82) is 0 Å². The quantitative estimate of drug-likeness (QED) is 0.333. The number of hydrogen-bond donors (Lipinski definition) is 0. The Morgan fingerprint density at radius 1 is 1.24 bits per heavy atom. The van der Waals surface area contributed by atoms with Crippen molar-refractivity contribution >= 4 is 29.4 Å². The van der Waals surface area contributed by atoms with E-state index in [1.807, 2.05) is 43.3 Å². The van der Waals surface area contributed by atoms with E-state index in [2.05, 4.69) is 11.7 Å². The Labute approximate surface area is 175 Å². The van der Waals surface area contributed by atoms with Crippen LogP contribution in [0.1, 0.15) is 30.5 Å². The summed E-state index contributed by atoms with van der Waals surface area (Å²) in [5.41, 5.74) is 3.62. The molecule has 0 spiro atoms. The third-order valence-electron chi connectivity index (χ3n) is 4.28. The first-order valence-corrected chi connectivity index (χ1v) is 9.65. The molecule has 2 aromatic rings. The Bertz CT molecular complexity index is 994. The highest BCUT2D eigenvalue weighted by Gasteiger charge is 2.22. The maximum atomic E-state index is 11.9. The highest BCUT2D eigenvalue weighted by atomic mass is 35.5. The SMILES string of the molecule is C=CCc1cc(/C=C2\C(=O)ON=C2C)cc(OCC)c1OCc1cccc(Cl)c1. The molecule has 29 heavy (non-hydrogen) atoms. The van der Waals surface area contributed by atoms with Gasteiger partial charge in [-0.3, -0.25) is 0 Å². The number of oxime groups is 1. The minimum Gasteiger partial charge on any atom is -0.490 e. The Morgan fingerprint density at radius 2 is 2.07 bits per heavy atom. The average Bonchev–Trinajstić information content (AvgIpc) is 3.00. The van der Waals surface area contributed by atoms with Crippen molar-refractivity contribution in [3.05, 3.63) is 76.3 Å². The Kier molecular flexibility index (Phi) is 6.73. The molecular formula is C23H22ClNO4.